The Morgan fingerprint density at radius 3 is 2.47 bits per heavy atom. The lowest BCUT2D eigenvalue weighted by molar-refractivity contribution is -0.122. The van der Waals surface area contributed by atoms with Crippen molar-refractivity contribution in [3.63, 3.8) is 0 Å². The standard InChI is InChI=1S/C8H19N3O3S/c1-15(13,14)6-11-8(12)7(10)4-2-3-5-9/h7H,2-6,9-10H2,1H3,(H,11,12). The van der Waals surface area contributed by atoms with E-state index in [1.807, 2.05) is 0 Å². The van der Waals surface area contributed by atoms with Crippen molar-refractivity contribution in [2.45, 2.75) is 25.3 Å². The molecule has 90 valence electrons. The van der Waals surface area contributed by atoms with Crippen molar-refractivity contribution < 1.29 is 13.2 Å². The van der Waals surface area contributed by atoms with Gasteiger partial charge in [-0.3, -0.25) is 4.79 Å². The maximum Gasteiger partial charge on any atom is 0.237 e. The number of nitrogens with two attached hydrogens (primary N) is 2. The van der Waals surface area contributed by atoms with Gasteiger partial charge in [0.25, 0.3) is 0 Å². The molecule has 5 N–H and O–H groups in total. The van der Waals surface area contributed by atoms with Gasteiger partial charge in [0.1, 0.15) is 5.88 Å². The molecule has 1 unspecified atom stereocenters. The molecule has 0 heterocycles. The lowest BCUT2D eigenvalue weighted by Crippen LogP contribution is -2.42. The van der Waals surface area contributed by atoms with Crippen LogP contribution in [0.4, 0.5) is 0 Å². The lowest BCUT2D eigenvalue weighted by atomic mass is 10.1. The molecule has 15 heavy (non-hydrogen) atoms. The number of hydrogen-bond donors (Lipinski definition) is 3. The minimum atomic E-state index is -3.19. The summed E-state index contributed by atoms with van der Waals surface area (Å²) in [6.07, 6.45) is 3.15. The molecule has 1 amide bonds. The number of amides is 1. The molecule has 0 saturated heterocycles. The second kappa shape index (κ2) is 6.76. The van der Waals surface area contributed by atoms with Crippen LogP contribution >= 0.6 is 0 Å². The number of unbranched alkanes of at least 4 members (excludes halogenated alkanes) is 1. The monoisotopic (exact) mass is 237 g/mol. The van der Waals surface area contributed by atoms with Crippen molar-refractivity contribution in [3.8, 4) is 0 Å². The molecule has 0 spiro atoms. The van der Waals surface area contributed by atoms with Gasteiger partial charge in [-0.15, -0.1) is 0 Å². The Kier molecular flexibility index (Phi) is 6.46. The van der Waals surface area contributed by atoms with E-state index in [9.17, 15) is 13.2 Å². The minimum Gasteiger partial charge on any atom is -0.341 e. The van der Waals surface area contributed by atoms with E-state index in [0.717, 1.165) is 19.1 Å². The molecule has 1 atom stereocenters. The van der Waals surface area contributed by atoms with E-state index in [4.69, 9.17) is 11.5 Å². The molecule has 0 saturated carbocycles. The highest BCUT2D eigenvalue weighted by Crippen LogP contribution is 1.97. The van der Waals surface area contributed by atoms with Crippen LogP contribution in [0, 0.1) is 0 Å². The van der Waals surface area contributed by atoms with Gasteiger partial charge in [-0.25, -0.2) is 8.42 Å². The maximum absolute atomic E-state index is 11.3. The maximum atomic E-state index is 11.3. The van der Waals surface area contributed by atoms with Crippen molar-refractivity contribution in [2.75, 3.05) is 18.7 Å². The Labute approximate surface area is 90.3 Å². The quantitative estimate of drug-likeness (QED) is 0.469. The highest BCUT2D eigenvalue weighted by atomic mass is 32.2. The van der Waals surface area contributed by atoms with Crippen LogP contribution in [0.5, 0.6) is 0 Å². The van der Waals surface area contributed by atoms with Crippen LogP contribution in [0.25, 0.3) is 0 Å². The molecule has 7 heteroatoms. The SMILES string of the molecule is CS(=O)(=O)CNC(=O)C(N)CCCCN. The number of rotatable bonds is 7. The zero-order chi connectivity index (χ0) is 11.9. The predicted octanol–water partition coefficient (Wildman–Crippen LogP) is -1.44. The summed E-state index contributed by atoms with van der Waals surface area (Å²) in [5.41, 5.74) is 10.8. The molecule has 0 aliphatic heterocycles. The van der Waals surface area contributed by atoms with Gasteiger partial charge in [-0.05, 0) is 19.4 Å². The predicted molar refractivity (Wildman–Crippen MR) is 58.7 cm³/mol. The van der Waals surface area contributed by atoms with Gasteiger partial charge in [0.05, 0.1) is 6.04 Å². The van der Waals surface area contributed by atoms with Gasteiger partial charge in [0, 0.05) is 6.26 Å². The second-order valence-corrected chi connectivity index (χ2v) is 5.64. The molecule has 0 rings (SSSR count). The van der Waals surface area contributed by atoms with Crippen LogP contribution in [0.2, 0.25) is 0 Å². The summed E-state index contributed by atoms with van der Waals surface area (Å²) < 4.78 is 21.5. The normalized spacial score (nSPS) is 13.5. The average Bonchev–Trinajstić information content (AvgIpc) is 2.13. The van der Waals surface area contributed by atoms with E-state index in [1.54, 1.807) is 0 Å². The van der Waals surface area contributed by atoms with Crippen molar-refractivity contribution in [1.82, 2.24) is 5.32 Å². The highest BCUT2D eigenvalue weighted by molar-refractivity contribution is 7.90. The van der Waals surface area contributed by atoms with Crippen molar-refractivity contribution >= 4 is 15.7 Å². The molecule has 0 radical (unpaired) electrons. The second-order valence-electron chi connectivity index (χ2n) is 3.50. The Bertz CT molecular complexity index is 290. The number of hydrogen-bond acceptors (Lipinski definition) is 5. The summed E-state index contributed by atoms with van der Waals surface area (Å²) in [6, 6.07) is -0.654. The number of carbonyl (C=O) groups is 1. The van der Waals surface area contributed by atoms with E-state index in [-0.39, 0.29) is 5.88 Å². The third kappa shape index (κ3) is 8.34. The van der Waals surface area contributed by atoms with Crippen molar-refractivity contribution in [2.24, 2.45) is 11.5 Å². The molecule has 0 aliphatic rings. The van der Waals surface area contributed by atoms with Gasteiger partial charge in [0.2, 0.25) is 5.91 Å². The summed E-state index contributed by atoms with van der Waals surface area (Å²) in [6.45, 7) is 0.567. The first-order valence-electron chi connectivity index (χ1n) is 4.78. The van der Waals surface area contributed by atoms with Crippen molar-refractivity contribution in [1.29, 1.82) is 0 Å². The van der Waals surface area contributed by atoms with Crippen LogP contribution in [-0.2, 0) is 14.6 Å². The van der Waals surface area contributed by atoms with E-state index < -0.39 is 21.8 Å². The van der Waals surface area contributed by atoms with Gasteiger partial charge in [-0.1, -0.05) is 6.42 Å². The number of carbonyl (C=O) groups excluding carboxylic acids is 1. The van der Waals surface area contributed by atoms with Gasteiger partial charge in [0.15, 0.2) is 9.84 Å². The molecule has 0 aliphatic carbocycles. The zero-order valence-electron chi connectivity index (χ0n) is 8.90. The third-order valence-electron chi connectivity index (χ3n) is 1.81. The Morgan fingerprint density at radius 1 is 1.40 bits per heavy atom. The van der Waals surface area contributed by atoms with Gasteiger partial charge in [-0.2, -0.15) is 0 Å². The molecular weight excluding hydrogens is 218 g/mol. The fourth-order valence-corrected chi connectivity index (χ4v) is 1.38. The van der Waals surface area contributed by atoms with Crippen molar-refractivity contribution in [3.05, 3.63) is 0 Å². The van der Waals surface area contributed by atoms with Crippen LogP contribution in [0.3, 0.4) is 0 Å². The topological polar surface area (TPSA) is 115 Å². The zero-order valence-corrected chi connectivity index (χ0v) is 9.72. The Morgan fingerprint density at radius 2 is 2.00 bits per heavy atom. The molecular formula is C8H19N3O3S. The first-order valence-corrected chi connectivity index (χ1v) is 6.84. The van der Waals surface area contributed by atoms with Crippen LogP contribution in [0.1, 0.15) is 19.3 Å². The van der Waals surface area contributed by atoms with E-state index in [0.29, 0.717) is 13.0 Å². The molecule has 0 aromatic rings. The molecule has 6 nitrogen and oxygen atoms in total. The number of sulfone groups is 1. The Hall–Kier alpha value is -0.660. The summed E-state index contributed by atoms with van der Waals surface area (Å²) in [7, 11) is -3.19. The van der Waals surface area contributed by atoms with Crippen LogP contribution in [0.15, 0.2) is 0 Å². The highest BCUT2D eigenvalue weighted by Gasteiger charge is 2.14. The van der Waals surface area contributed by atoms with Gasteiger partial charge < -0.3 is 16.8 Å². The summed E-state index contributed by atoms with van der Waals surface area (Å²) in [5, 5.41) is 2.27. The summed E-state index contributed by atoms with van der Waals surface area (Å²) >= 11 is 0. The van der Waals surface area contributed by atoms with E-state index in [1.165, 1.54) is 0 Å². The smallest absolute Gasteiger partial charge is 0.237 e. The van der Waals surface area contributed by atoms with E-state index >= 15 is 0 Å². The first kappa shape index (κ1) is 14.3. The third-order valence-corrected chi connectivity index (χ3v) is 2.48. The summed E-state index contributed by atoms with van der Waals surface area (Å²) in [4.78, 5) is 11.3. The van der Waals surface area contributed by atoms with Crippen LogP contribution in [-0.4, -0.2) is 39.0 Å². The number of nitrogens with one attached hydrogen (secondary N) is 1. The first-order chi connectivity index (χ1) is 6.87. The van der Waals surface area contributed by atoms with Crippen LogP contribution < -0.4 is 16.8 Å². The minimum absolute atomic E-state index is 0.365. The molecule has 0 aromatic carbocycles. The van der Waals surface area contributed by atoms with E-state index in [2.05, 4.69) is 5.32 Å². The fraction of sp³-hybridized carbons (Fsp3) is 0.875. The molecule has 0 fully saturated rings. The summed E-state index contributed by atoms with van der Waals surface area (Å²) in [5.74, 6) is -0.798. The molecule has 0 bridgehead atoms. The fourth-order valence-electron chi connectivity index (χ4n) is 0.973. The molecule has 0 aromatic heterocycles. The lowest BCUT2D eigenvalue weighted by Gasteiger charge is -2.10. The van der Waals surface area contributed by atoms with Gasteiger partial charge >= 0.3 is 0 Å². The largest absolute Gasteiger partial charge is 0.341 e. The Balaban J connectivity index is 3.79. The average molecular weight is 237 g/mol.